The normalized spacial score (nSPS) is 18.0. The van der Waals surface area contributed by atoms with Crippen molar-refractivity contribution in [1.82, 2.24) is 14.7 Å². The van der Waals surface area contributed by atoms with Gasteiger partial charge in [-0.15, -0.1) is 0 Å². The third-order valence-corrected chi connectivity index (χ3v) is 3.37. The Balaban J connectivity index is 1.93. The molecule has 1 aromatic heterocycles. The molecule has 0 spiro atoms. The first-order valence-electron chi connectivity index (χ1n) is 5.95. The SMILES string of the molecule is CCC1(O)CN(C(=O)Cn2nc(C)cc2C)C1. The van der Waals surface area contributed by atoms with Crippen molar-refractivity contribution in [2.24, 2.45) is 0 Å². The molecule has 0 saturated carbocycles. The molecule has 1 amide bonds. The van der Waals surface area contributed by atoms with Gasteiger partial charge < -0.3 is 10.0 Å². The minimum Gasteiger partial charge on any atom is -0.386 e. The molecule has 1 aliphatic heterocycles. The number of β-amino-alcohol motifs (C(OH)–C–C–N with tert-alkyl or cyclic N) is 1. The summed E-state index contributed by atoms with van der Waals surface area (Å²) >= 11 is 0. The van der Waals surface area contributed by atoms with Gasteiger partial charge >= 0.3 is 0 Å². The first-order chi connectivity index (χ1) is 7.93. The minimum atomic E-state index is -0.662. The Morgan fingerprint density at radius 3 is 2.65 bits per heavy atom. The van der Waals surface area contributed by atoms with Gasteiger partial charge in [0.1, 0.15) is 6.54 Å². The van der Waals surface area contributed by atoms with E-state index in [9.17, 15) is 9.90 Å². The lowest BCUT2D eigenvalue weighted by molar-refractivity contribution is -0.156. The first kappa shape index (κ1) is 12.1. The van der Waals surface area contributed by atoms with Crippen molar-refractivity contribution in [1.29, 1.82) is 0 Å². The van der Waals surface area contributed by atoms with E-state index in [-0.39, 0.29) is 12.5 Å². The average Bonchev–Trinajstić information content (AvgIpc) is 2.52. The van der Waals surface area contributed by atoms with E-state index in [4.69, 9.17) is 0 Å². The highest BCUT2D eigenvalue weighted by molar-refractivity contribution is 5.77. The summed E-state index contributed by atoms with van der Waals surface area (Å²) in [5.41, 5.74) is 1.25. The molecule has 0 radical (unpaired) electrons. The largest absolute Gasteiger partial charge is 0.386 e. The smallest absolute Gasteiger partial charge is 0.244 e. The van der Waals surface area contributed by atoms with Crippen LogP contribution in [0.1, 0.15) is 24.7 Å². The molecule has 2 rings (SSSR count). The fourth-order valence-electron chi connectivity index (χ4n) is 2.13. The Morgan fingerprint density at radius 1 is 1.53 bits per heavy atom. The maximum Gasteiger partial charge on any atom is 0.244 e. The van der Waals surface area contributed by atoms with Gasteiger partial charge in [-0.25, -0.2) is 0 Å². The van der Waals surface area contributed by atoms with E-state index in [1.54, 1.807) is 9.58 Å². The number of amides is 1. The van der Waals surface area contributed by atoms with E-state index in [2.05, 4.69) is 5.10 Å². The molecule has 94 valence electrons. The summed E-state index contributed by atoms with van der Waals surface area (Å²) in [6, 6.07) is 1.95. The van der Waals surface area contributed by atoms with Crippen molar-refractivity contribution in [3.8, 4) is 0 Å². The maximum atomic E-state index is 11.9. The fourth-order valence-corrected chi connectivity index (χ4v) is 2.13. The summed E-state index contributed by atoms with van der Waals surface area (Å²) in [7, 11) is 0. The summed E-state index contributed by atoms with van der Waals surface area (Å²) in [6.45, 7) is 6.94. The lowest BCUT2D eigenvalue weighted by atomic mass is 9.91. The van der Waals surface area contributed by atoms with Gasteiger partial charge in [0, 0.05) is 5.69 Å². The van der Waals surface area contributed by atoms with Crippen LogP contribution in [0.15, 0.2) is 6.07 Å². The third kappa shape index (κ3) is 2.34. The van der Waals surface area contributed by atoms with Crippen LogP contribution in [0.2, 0.25) is 0 Å². The van der Waals surface area contributed by atoms with E-state index in [1.807, 2.05) is 26.8 Å². The molecule has 5 heteroatoms. The van der Waals surface area contributed by atoms with Gasteiger partial charge in [-0.05, 0) is 26.3 Å². The van der Waals surface area contributed by atoms with Gasteiger partial charge in [0.25, 0.3) is 0 Å². The van der Waals surface area contributed by atoms with Crippen LogP contribution in [-0.2, 0) is 11.3 Å². The van der Waals surface area contributed by atoms with Gasteiger partial charge in [-0.3, -0.25) is 9.48 Å². The molecule has 0 unspecified atom stereocenters. The minimum absolute atomic E-state index is 0.0225. The zero-order valence-corrected chi connectivity index (χ0v) is 10.6. The Kier molecular flexibility index (Phi) is 2.95. The molecule has 1 saturated heterocycles. The second-order valence-corrected chi connectivity index (χ2v) is 4.91. The number of aliphatic hydroxyl groups is 1. The van der Waals surface area contributed by atoms with Crippen LogP contribution in [-0.4, -0.2) is 44.4 Å². The number of aryl methyl sites for hydroxylation is 2. The van der Waals surface area contributed by atoms with Crippen LogP contribution < -0.4 is 0 Å². The number of carbonyl (C=O) groups excluding carboxylic acids is 1. The lowest BCUT2D eigenvalue weighted by Gasteiger charge is -2.46. The highest BCUT2D eigenvalue weighted by atomic mass is 16.3. The van der Waals surface area contributed by atoms with Crippen molar-refractivity contribution >= 4 is 5.91 Å². The van der Waals surface area contributed by atoms with Gasteiger partial charge in [0.05, 0.1) is 24.4 Å². The fraction of sp³-hybridized carbons (Fsp3) is 0.667. The molecule has 0 atom stereocenters. The Morgan fingerprint density at radius 2 is 2.18 bits per heavy atom. The van der Waals surface area contributed by atoms with E-state index in [1.165, 1.54) is 0 Å². The van der Waals surface area contributed by atoms with Crippen LogP contribution in [0, 0.1) is 13.8 Å². The summed E-state index contributed by atoms with van der Waals surface area (Å²) in [4.78, 5) is 13.6. The molecule has 1 N–H and O–H groups in total. The van der Waals surface area contributed by atoms with Crippen LogP contribution in [0.5, 0.6) is 0 Å². The second-order valence-electron chi connectivity index (χ2n) is 4.91. The van der Waals surface area contributed by atoms with Crippen molar-refractivity contribution in [2.45, 2.75) is 39.3 Å². The third-order valence-electron chi connectivity index (χ3n) is 3.37. The van der Waals surface area contributed by atoms with E-state index in [0.29, 0.717) is 19.5 Å². The number of hydrogen-bond acceptors (Lipinski definition) is 3. The number of rotatable bonds is 3. The van der Waals surface area contributed by atoms with Crippen LogP contribution >= 0.6 is 0 Å². The topological polar surface area (TPSA) is 58.4 Å². The summed E-state index contributed by atoms with van der Waals surface area (Å²) in [5, 5.41) is 14.1. The number of carbonyl (C=O) groups is 1. The summed E-state index contributed by atoms with van der Waals surface area (Å²) < 4.78 is 1.71. The lowest BCUT2D eigenvalue weighted by Crippen LogP contribution is -2.63. The predicted octanol–water partition coefficient (Wildman–Crippen LogP) is 0.483. The molecule has 1 aromatic rings. The number of hydrogen-bond donors (Lipinski definition) is 1. The Bertz CT molecular complexity index is 433. The molecule has 0 aliphatic carbocycles. The molecule has 17 heavy (non-hydrogen) atoms. The summed E-state index contributed by atoms with van der Waals surface area (Å²) in [5.74, 6) is 0.0225. The monoisotopic (exact) mass is 237 g/mol. The number of aromatic nitrogens is 2. The zero-order chi connectivity index (χ0) is 12.6. The highest BCUT2D eigenvalue weighted by Gasteiger charge is 2.41. The van der Waals surface area contributed by atoms with Crippen LogP contribution in [0.25, 0.3) is 0 Å². The van der Waals surface area contributed by atoms with Gasteiger partial charge in [0.15, 0.2) is 0 Å². The molecule has 0 aromatic carbocycles. The van der Waals surface area contributed by atoms with Gasteiger partial charge in [-0.1, -0.05) is 6.92 Å². The maximum absolute atomic E-state index is 11.9. The van der Waals surface area contributed by atoms with E-state index in [0.717, 1.165) is 11.4 Å². The molecular weight excluding hydrogens is 218 g/mol. The highest BCUT2D eigenvalue weighted by Crippen LogP contribution is 2.24. The Hall–Kier alpha value is -1.36. The molecular formula is C12H19N3O2. The number of likely N-dealkylation sites (tertiary alicyclic amines) is 1. The molecule has 1 aliphatic rings. The van der Waals surface area contributed by atoms with Gasteiger partial charge in [-0.2, -0.15) is 5.10 Å². The zero-order valence-electron chi connectivity index (χ0n) is 10.6. The van der Waals surface area contributed by atoms with Crippen molar-refractivity contribution in [2.75, 3.05) is 13.1 Å². The van der Waals surface area contributed by atoms with Crippen molar-refractivity contribution < 1.29 is 9.90 Å². The van der Waals surface area contributed by atoms with Gasteiger partial charge in [0.2, 0.25) is 5.91 Å². The molecule has 0 bridgehead atoms. The van der Waals surface area contributed by atoms with Crippen LogP contribution in [0.3, 0.4) is 0 Å². The molecule has 5 nitrogen and oxygen atoms in total. The standard InChI is InChI=1S/C12H19N3O2/c1-4-12(17)7-14(8-12)11(16)6-15-10(3)5-9(2)13-15/h5,17H,4,6-8H2,1-3H3. The molecule has 1 fully saturated rings. The predicted molar refractivity (Wildman–Crippen MR) is 63.5 cm³/mol. The van der Waals surface area contributed by atoms with E-state index < -0.39 is 5.60 Å². The van der Waals surface area contributed by atoms with Crippen LogP contribution in [0.4, 0.5) is 0 Å². The summed E-state index contributed by atoms with van der Waals surface area (Å²) in [6.07, 6.45) is 0.691. The number of nitrogens with zero attached hydrogens (tertiary/aromatic N) is 3. The van der Waals surface area contributed by atoms with Crippen molar-refractivity contribution in [3.05, 3.63) is 17.5 Å². The second kappa shape index (κ2) is 4.14. The first-order valence-corrected chi connectivity index (χ1v) is 5.95. The quantitative estimate of drug-likeness (QED) is 0.832. The average molecular weight is 237 g/mol. The van der Waals surface area contributed by atoms with E-state index >= 15 is 0 Å². The van der Waals surface area contributed by atoms with Crippen molar-refractivity contribution in [3.63, 3.8) is 0 Å². The Labute approximate surface area is 101 Å². The molecule has 2 heterocycles.